The van der Waals surface area contributed by atoms with Crippen molar-refractivity contribution in [1.82, 2.24) is 15.8 Å². The Bertz CT molecular complexity index is 939. The summed E-state index contributed by atoms with van der Waals surface area (Å²) in [5.74, 6) is -0.707. The molecule has 124 valence electrons. The van der Waals surface area contributed by atoms with Gasteiger partial charge in [-0.05, 0) is 24.3 Å². The molecule has 0 aliphatic rings. The van der Waals surface area contributed by atoms with Crippen molar-refractivity contribution in [3.8, 4) is 11.8 Å². The van der Waals surface area contributed by atoms with Crippen LogP contribution in [0.15, 0.2) is 54.6 Å². The number of carbonyl (C=O) groups is 2. The van der Waals surface area contributed by atoms with Crippen molar-refractivity contribution in [3.63, 3.8) is 0 Å². The van der Waals surface area contributed by atoms with E-state index in [1.54, 1.807) is 30.3 Å². The third kappa shape index (κ3) is 3.76. The maximum Gasteiger partial charge on any atom is 0.286 e. The lowest BCUT2D eigenvalue weighted by Crippen LogP contribution is -2.44. The van der Waals surface area contributed by atoms with Gasteiger partial charge in [0.05, 0.1) is 5.56 Å². The first-order chi connectivity index (χ1) is 12.2. The molecule has 0 atom stereocenters. The molecule has 2 aromatic carbocycles. The first-order valence-electron chi connectivity index (χ1n) is 7.46. The summed E-state index contributed by atoms with van der Waals surface area (Å²) in [6.45, 7) is -0.328. The van der Waals surface area contributed by atoms with Gasteiger partial charge in [-0.25, -0.2) is 0 Å². The van der Waals surface area contributed by atoms with E-state index in [-0.39, 0.29) is 6.61 Å². The number of ether oxygens (including phenoxy) is 1. The molecule has 0 unspecified atom stereocenters. The monoisotopic (exact) mass is 334 g/mol. The van der Waals surface area contributed by atoms with Gasteiger partial charge >= 0.3 is 0 Å². The molecule has 0 spiro atoms. The number of carbonyl (C=O) groups excluding carboxylic acids is 2. The summed E-state index contributed by atoms with van der Waals surface area (Å²) in [6, 6.07) is 17.7. The fraction of sp³-hybridized carbons (Fsp3) is 0.0556. The molecule has 25 heavy (non-hydrogen) atoms. The second-order valence-electron chi connectivity index (χ2n) is 5.17. The topological polar surface area (TPSA) is 107 Å². The Balaban J connectivity index is 1.53. The Labute approximate surface area is 143 Å². The number of rotatable bonds is 4. The van der Waals surface area contributed by atoms with Crippen molar-refractivity contribution < 1.29 is 14.3 Å². The smallest absolute Gasteiger partial charge is 0.286 e. The molecule has 3 rings (SSSR count). The Morgan fingerprint density at radius 1 is 1.08 bits per heavy atom. The number of para-hydroxylation sites is 2. The Kier molecular flexibility index (Phi) is 4.62. The maximum atomic E-state index is 12.1. The van der Waals surface area contributed by atoms with Crippen LogP contribution in [-0.4, -0.2) is 23.4 Å². The Hall–Kier alpha value is -3.79. The third-order valence-corrected chi connectivity index (χ3v) is 3.46. The molecule has 7 nitrogen and oxygen atoms in total. The normalized spacial score (nSPS) is 10.0. The van der Waals surface area contributed by atoms with Gasteiger partial charge in [0.2, 0.25) is 0 Å². The second-order valence-corrected chi connectivity index (χ2v) is 5.17. The minimum absolute atomic E-state index is 0.307. The molecule has 0 fully saturated rings. The van der Waals surface area contributed by atoms with Crippen LogP contribution < -0.4 is 15.6 Å². The molecule has 0 aliphatic carbocycles. The zero-order chi connectivity index (χ0) is 17.6. The number of nitrogens with one attached hydrogen (secondary N) is 3. The fourth-order valence-corrected chi connectivity index (χ4v) is 2.25. The zero-order valence-corrected chi connectivity index (χ0v) is 13.1. The minimum atomic E-state index is -0.544. The molecular formula is C18H14N4O3. The Morgan fingerprint density at radius 3 is 2.64 bits per heavy atom. The summed E-state index contributed by atoms with van der Waals surface area (Å²) in [7, 11) is 0. The molecule has 0 bridgehead atoms. The van der Waals surface area contributed by atoms with Crippen molar-refractivity contribution in [3.05, 3.63) is 65.9 Å². The number of H-pyrrole nitrogens is 1. The van der Waals surface area contributed by atoms with E-state index < -0.39 is 11.8 Å². The van der Waals surface area contributed by atoms with Crippen LogP contribution in [0.5, 0.6) is 5.75 Å². The van der Waals surface area contributed by atoms with E-state index in [0.29, 0.717) is 17.0 Å². The number of fused-ring (bicyclic) bond motifs is 1. The number of nitrogens with zero attached hydrogens (tertiary/aromatic N) is 1. The molecular weight excluding hydrogens is 320 g/mol. The van der Waals surface area contributed by atoms with Gasteiger partial charge in [-0.15, -0.1) is 0 Å². The molecule has 1 aromatic heterocycles. The number of hydrogen-bond donors (Lipinski definition) is 3. The summed E-state index contributed by atoms with van der Waals surface area (Å²) in [5, 5.41) is 9.85. The van der Waals surface area contributed by atoms with Crippen LogP contribution in [0.3, 0.4) is 0 Å². The van der Waals surface area contributed by atoms with Crippen LogP contribution in [0.4, 0.5) is 0 Å². The molecule has 3 aromatic rings. The van der Waals surface area contributed by atoms with Crippen molar-refractivity contribution in [1.29, 1.82) is 5.26 Å². The van der Waals surface area contributed by atoms with E-state index in [9.17, 15) is 9.59 Å². The van der Waals surface area contributed by atoms with Crippen molar-refractivity contribution in [2.24, 2.45) is 0 Å². The van der Waals surface area contributed by atoms with E-state index in [4.69, 9.17) is 10.00 Å². The maximum absolute atomic E-state index is 12.1. The lowest BCUT2D eigenvalue weighted by molar-refractivity contribution is -0.123. The van der Waals surface area contributed by atoms with Gasteiger partial charge in [-0.2, -0.15) is 5.26 Å². The number of aromatic nitrogens is 1. The van der Waals surface area contributed by atoms with Crippen LogP contribution in [0.25, 0.3) is 10.9 Å². The average Bonchev–Trinajstić information content (AvgIpc) is 3.09. The van der Waals surface area contributed by atoms with Gasteiger partial charge in [-0.3, -0.25) is 20.4 Å². The number of aromatic amines is 1. The van der Waals surface area contributed by atoms with E-state index in [0.717, 1.165) is 10.9 Å². The van der Waals surface area contributed by atoms with Gasteiger partial charge in [0, 0.05) is 10.9 Å². The number of nitriles is 1. The summed E-state index contributed by atoms with van der Waals surface area (Å²) < 4.78 is 5.28. The Morgan fingerprint density at radius 2 is 1.84 bits per heavy atom. The summed E-state index contributed by atoms with van der Waals surface area (Å²) in [5.41, 5.74) is 6.07. The van der Waals surface area contributed by atoms with Gasteiger partial charge in [-0.1, -0.05) is 30.3 Å². The lowest BCUT2D eigenvalue weighted by Gasteiger charge is -2.09. The first-order valence-corrected chi connectivity index (χ1v) is 7.46. The molecule has 0 aliphatic heterocycles. The summed E-state index contributed by atoms with van der Waals surface area (Å²) in [6.07, 6.45) is 0. The van der Waals surface area contributed by atoms with E-state index in [2.05, 4.69) is 15.8 Å². The predicted molar refractivity (Wildman–Crippen MR) is 90.6 cm³/mol. The molecule has 3 N–H and O–H groups in total. The van der Waals surface area contributed by atoms with Crippen LogP contribution in [0, 0.1) is 11.3 Å². The predicted octanol–water partition coefficient (Wildman–Crippen LogP) is 1.88. The third-order valence-electron chi connectivity index (χ3n) is 3.46. The van der Waals surface area contributed by atoms with Crippen LogP contribution in [0.2, 0.25) is 0 Å². The van der Waals surface area contributed by atoms with E-state index in [1.807, 2.05) is 30.3 Å². The SMILES string of the molecule is N#Cc1ccccc1OCC(=O)NNC(=O)c1cc2ccccc2[nH]1. The van der Waals surface area contributed by atoms with Crippen molar-refractivity contribution >= 4 is 22.7 Å². The highest BCUT2D eigenvalue weighted by molar-refractivity contribution is 5.98. The van der Waals surface area contributed by atoms with Gasteiger partial charge in [0.1, 0.15) is 17.5 Å². The quantitative estimate of drug-likeness (QED) is 0.633. The molecule has 0 radical (unpaired) electrons. The highest BCUT2D eigenvalue weighted by atomic mass is 16.5. The largest absolute Gasteiger partial charge is 0.482 e. The first kappa shape index (κ1) is 16.1. The zero-order valence-electron chi connectivity index (χ0n) is 13.1. The lowest BCUT2D eigenvalue weighted by atomic mass is 10.2. The highest BCUT2D eigenvalue weighted by Crippen LogP contribution is 2.16. The number of hydrazine groups is 1. The molecule has 1 heterocycles. The number of hydrogen-bond acceptors (Lipinski definition) is 4. The van der Waals surface area contributed by atoms with Gasteiger partial charge in [0.15, 0.2) is 6.61 Å². The van der Waals surface area contributed by atoms with Gasteiger partial charge in [0.25, 0.3) is 11.8 Å². The second kappa shape index (κ2) is 7.19. The van der Waals surface area contributed by atoms with Crippen molar-refractivity contribution in [2.75, 3.05) is 6.61 Å². The number of amides is 2. The van der Waals surface area contributed by atoms with Crippen LogP contribution in [-0.2, 0) is 4.79 Å². The van der Waals surface area contributed by atoms with E-state index >= 15 is 0 Å². The number of benzene rings is 2. The highest BCUT2D eigenvalue weighted by Gasteiger charge is 2.11. The molecule has 7 heteroatoms. The standard InChI is InChI=1S/C18H14N4O3/c19-10-13-6-2-4-8-16(13)25-11-17(23)21-22-18(24)15-9-12-5-1-3-7-14(12)20-15/h1-9,20H,11H2,(H,21,23)(H,22,24). The summed E-state index contributed by atoms with van der Waals surface area (Å²) in [4.78, 5) is 26.8. The molecule has 0 saturated heterocycles. The van der Waals surface area contributed by atoms with Crippen LogP contribution in [0.1, 0.15) is 16.1 Å². The van der Waals surface area contributed by atoms with Gasteiger partial charge < -0.3 is 9.72 Å². The minimum Gasteiger partial charge on any atom is -0.482 e. The molecule has 0 saturated carbocycles. The average molecular weight is 334 g/mol. The van der Waals surface area contributed by atoms with E-state index in [1.165, 1.54) is 0 Å². The van der Waals surface area contributed by atoms with Crippen molar-refractivity contribution in [2.45, 2.75) is 0 Å². The molecule has 2 amide bonds. The fourth-order valence-electron chi connectivity index (χ4n) is 2.25. The summed E-state index contributed by atoms with van der Waals surface area (Å²) >= 11 is 0. The van der Waals surface area contributed by atoms with Crippen LogP contribution >= 0.6 is 0 Å².